The Bertz CT molecular complexity index is 1360. The molecule has 3 aliphatic heterocycles. The van der Waals surface area contributed by atoms with E-state index < -0.39 is 10.0 Å². The van der Waals surface area contributed by atoms with Crippen molar-refractivity contribution >= 4 is 49.1 Å². The standard InChI is InChI=1S/C28H35BrN4O5S/c1-3-27(34)33-12-10-20-17-22(29)26(18-24(20)33)39(36,37)32-11-6-7-21(19-32)28(35)31-15-13-30(14-16-31)23-8-4-5-9-25(23)38-2/h4-5,8-9,17-18,21H,3,6-7,10-16,19H2,1-2H3. The monoisotopic (exact) mass is 618 g/mol. The molecule has 9 nitrogen and oxygen atoms in total. The highest BCUT2D eigenvalue weighted by Crippen LogP contribution is 2.38. The van der Waals surface area contributed by atoms with Crippen LogP contribution in [0.5, 0.6) is 5.75 Å². The molecule has 2 amide bonds. The summed E-state index contributed by atoms with van der Waals surface area (Å²) in [7, 11) is -2.21. The Balaban J connectivity index is 1.28. The van der Waals surface area contributed by atoms with Gasteiger partial charge in [-0.1, -0.05) is 19.1 Å². The highest BCUT2D eigenvalue weighted by Gasteiger charge is 2.38. The average molecular weight is 620 g/mol. The van der Waals surface area contributed by atoms with E-state index in [0.29, 0.717) is 75.1 Å². The summed E-state index contributed by atoms with van der Waals surface area (Å²) in [6.45, 7) is 5.44. The van der Waals surface area contributed by atoms with E-state index in [4.69, 9.17) is 4.74 Å². The molecule has 2 saturated heterocycles. The third kappa shape index (κ3) is 5.40. The van der Waals surface area contributed by atoms with Crippen molar-refractivity contribution in [2.24, 2.45) is 5.92 Å². The van der Waals surface area contributed by atoms with Crippen molar-refractivity contribution < 1.29 is 22.7 Å². The minimum atomic E-state index is -3.86. The van der Waals surface area contributed by atoms with E-state index in [1.807, 2.05) is 35.2 Å². The molecular formula is C28H35BrN4O5S. The van der Waals surface area contributed by atoms with Gasteiger partial charge in [0, 0.05) is 62.4 Å². The highest BCUT2D eigenvalue weighted by atomic mass is 79.9. The van der Waals surface area contributed by atoms with Gasteiger partial charge in [-0.05, 0) is 65.0 Å². The van der Waals surface area contributed by atoms with Gasteiger partial charge in [0.05, 0.1) is 23.6 Å². The topological polar surface area (TPSA) is 90.5 Å². The van der Waals surface area contributed by atoms with Gasteiger partial charge in [0.1, 0.15) is 5.75 Å². The third-order valence-electron chi connectivity index (χ3n) is 8.00. The van der Waals surface area contributed by atoms with Crippen LogP contribution in [0.1, 0.15) is 31.7 Å². The summed E-state index contributed by atoms with van der Waals surface area (Å²) in [4.78, 5) is 31.8. The van der Waals surface area contributed by atoms with Gasteiger partial charge in [0.15, 0.2) is 0 Å². The number of para-hydroxylation sites is 2. The second kappa shape index (κ2) is 11.5. The van der Waals surface area contributed by atoms with E-state index in [0.717, 1.165) is 17.0 Å². The second-order valence-corrected chi connectivity index (χ2v) is 13.0. The molecule has 0 spiro atoms. The maximum atomic E-state index is 13.8. The van der Waals surface area contributed by atoms with Crippen LogP contribution in [0.3, 0.4) is 0 Å². The maximum absolute atomic E-state index is 13.8. The number of anilines is 2. The number of rotatable bonds is 6. The van der Waals surface area contributed by atoms with E-state index in [1.165, 1.54) is 4.31 Å². The predicted molar refractivity (Wildman–Crippen MR) is 154 cm³/mol. The molecular weight excluding hydrogens is 584 g/mol. The van der Waals surface area contributed by atoms with Gasteiger partial charge in [-0.25, -0.2) is 8.42 Å². The molecule has 0 radical (unpaired) electrons. The van der Waals surface area contributed by atoms with Gasteiger partial charge in [0.2, 0.25) is 21.8 Å². The number of ether oxygens (including phenoxy) is 1. The minimum absolute atomic E-state index is 0.0160. The van der Waals surface area contributed by atoms with E-state index >= 15 is 0 Å². The molecule has 3 aliphatic rings. The van der Waals surface area contributed by atoms with E-state index in [1.54, 1.807) is 25.0 Å². The van der Waals surface area contributed by atoms with Gasteiger partial charge in [-0.2, -0.15) is 4.31 Å². The van der Waals surface area contributed by atoms with Crippen LogP contribution >= 0.6 is 15.9 Å². The Kier molecular flexibility index (Phi) is 8.21. The number of sulfonamides is 1. The quantitative estimate of drug-likeness (QED) is 0.492. The Morgan fingerprint density at radius 1 is 1.03 bits per heavy atom. The zero-order valence-corrected chi connectivity index (χ0v) is 24.8. The van der Waals surface area contributed by atoms with Crippen molar-refractivity contribution in [3.63, 3.8) is 0 Å². The first-order valence-electron chi connectivity index (χ1n) is 13.5. The van der Waals surface area contributed by atoms with Gasteiger partial charge in [-0.15, -0.1) is 0 Å². The molecule has 3 heterocycles. The predicted octanol–water partition coefficient (Wildman–Crippen LogP) is 3.51. The lowest BCUT2D eigenvalue weighted by Gasteiger charge is -2.39. The number of carbonyl (C=O) groups is 2. The Morgan fingerprint density at radius 3 is 2.49 bits per heavy atom. The normalized spacial score (nSPS) is 20.2. The Labute approximate surface area is 238 Å². The van der Waals surface area contributed by atoms with Crippen LogP contribution < -0.4 is 14.5 Å². The largest absolute Gasteiger partial charge is 0.495 e. The summed E-state index contributed by atoms with van der Waals surface area (Å²) in [6, 6.07) is 11.3. The van der Waals surface area contributed by atoms with Crippen molar-refractivity contribution in [2.45, 2.75) is 37.5 Å². The molecule has 1 unspecified atom stereocenters. The van der Waals surface area contributed by atoms with Crippen LogP contribution in [0.2, 0.25) is 0 Å². The lowest BCUT2D eigenvalue weighted by Crippen LogP contribution is -2.53. The molecule has 0 bridgehead atoms. The van der Waals surface area contributed by atoms with Crippen molar-refractivity contribution in [3.05, 3.63) is 46.4 Å². The number of hydrogen-bond acceptors (Lipinski definition) is 6. The van der Waals surface area contributed by atoms with Crippen molar-refractivity contribution in [3.8, 4) is 5.75 Å². The maximum Gasteiger partial charge on any atom is 0.244 e. The van der Waals surface area contributed by atoms with Crippen LogP contribution in [0, 0.1) is 5.92 Å². The SMILES string of the molecule is CCC(=O)N1CCc2cc(Br)c(S(=O)(=O)N3CCCC(C(=O)N4CCN(c5ccccc5OC)CC4)C3)cc21. The number of carbonyl (C=O) groups excluding carboxylic acids is 2. The number of benzene rings is 2. The van der Waals surface area contributed by atoms with Gasteiger partial charge in [-0.3, -0.25) is 9.59 Å². The molecule has 2 aromatic carbocycles. The first-order chi connectivity index (χ1) is 18.7. The number of fused-ring (bicyclic) bond motifs is 1. The smallest absolute Gasteiger partial charge is 0.244 e. The third-order valence-corrected chi connectivity index (χ3v) is 10.8. The van der Waals surface area contributed by atoms with Gasteiger partial charge >= 0.3 is 0 Å². The summed E-state index contributed by atoms with van der Waals surface area (Å²) in [5.41, 5.74) is 2.64. The number of methoxy groups -OCH3 is 1. The molecule has 5 rings (SSSR count). The van der Waals surface area contributed by atoms with E-state index in [9.17, 15) is 18.0 Å². The Hall–Kier alpha value is -2.63. The molecule has 2 fully saturated rings. The van der Waals surface area contributed by atoms with Crippen molar-refractivity contribution in [2.75, 3.05) is 62.7 Å². The van der Waals surface area contributed by atoms with Crippen LogP contribution in [-0.4, -0.2) is 82.4 Å². The van der Waals surface area contributed by atoms with Crippen LogP contribution in [0.4, 0.5) is 11.4 Å². The van der Waals surface area contributed by atoms with E-state index in [2.05, 4.69) is 20.8 Å². The number of hydrogen-bond donors (Lipinski definition) is 0. The molecule has 0 N–H and O–H groups in total. The zero-order valence-electron chi connectivity index (χ0n) is 22.4. The number of nitrogens with zero attached hydrogens (tertiary/aromatic N) is 4. The van der Waals surface area contributed by atoms with Gasteiger partial charge < -0.3 is 19.4 Å². The zero-order chi connectivity index (χ0) is 27.7. The fourth-order valence-electron chi connectivity index (χ4n) is 5.85. The lowest BCUT2D eigenvalue weighted by atomic mass is 9.97. The average Bonchev–Trinajstić information content (AvgIpc) is 3.38. The summed E-state index contributed by atoms with van der Waals surface area (Å²) in [6.07, 6.45) is 2.35. The van der Waals surface area contributed by atoms with Crippen molar-refractivity contribution in [1.82, 2.24) is 9.21 Å². The van der Waals surface area contributed by atoms with Crippen LogP contribution in [-0.2, 0) is 26.0 Å². The number of piperazine rings is 1. The minimum Gasteiger partial charge on any atom is -0.495 e. The molecule has 0 aliphatic carbocycles. The fourth-order valence-corrected chi connectivity index (χ4v) is 8.45. The van der Waals surface area contributed by atoms with Gasteiger partial charge in [0.25, 0.3) is 0 Å². The summed E-state index contributed by atoms with van der Waals surface area (Å²) >= 11 is 3.47. The first kappa shape index (κ1) is 27.9. The molecule has 39 heavy (non-hydrogen) atoms. The Morgan fingerprint density at radius 2 is 1.77 bits per heavy atom. The van der Waals surface area contributed by atoms with Crippen molar-refractivity contribution in [1.29, 1.82) is 0 Å². The first-order valence-corrected chi connectivity index (χ1v) is 15.8. The molecule has 0 saturated carbocycles. The summed E-state index contributed by atoms with van der Waals surface area (Å²) in [5, 5.41) is 0. The molecule has 0 aromatic heterocycles. The second-order valence-electron chi connectivity index (χ2n) is 10.2. The molecule has 1 atom stereocenters. The molecule has 210 valence electrons. The fraction of sp³-hybridized carbons (Fsp3) is 0.500. The van der Waals surface area contributed by atoms with Crippen LogP contribution in [0.15, 0.2) is 45.8 Å². The summed E-state index contributed by atoms with van der Waals surface area (Å²) in [5.74, 6) is 0.430. The molecule has 2 aromatic rings. The number of piperidine rings is 1. The lowest BCUT2D eigenvalue weighted by molar-refractivity contribution is -0.137. The summed E-state index contributed by atoms with van der Waals surface area (Å²) < 4.78 is 35.0. The number of amides is 2. The number of halogens is 1. The molecule has 11 heteroatoms. The highest BCUT2D eigenvalue weighted by molar-refractivity contribution is 9.10. The van der Waals surface area contributed by atoms with E-state index in [-0.39, 0.29) is 29.2 Å². The van der Waals surface area contributed by atoms with Crippen LogP contribution in [0.25, 0.3) is 0 Å².